The lowest BCUT2D eigenvalue weighted by atomic mass is 10.2. The lowest BCUT2D eigenvalue weighted by Crippen LogP contribution is -2.36. The summed E-state index contributed by atoms with van der Waals surface area (Å²) < 4.78 is 0. The van der Waals surface area contributed by atoms with Crippen LogP contribution in [0.3, 0.4) is 0 Å². The Labute approximate surface area is 110 Å². The summed E-state index contributed by atoms with van der Waals surface area (Å²) in [5, 5.41) is 0.857. The zero-order valence-corrected chi connectivity index (χ0v) is 10.6. The summed E-state index contributed by atoms with van der Waals surface area (Å²) in [6, 6.07) is 4.79. The molecular weight excluding hydrogens is 259 g/mol. The Morgan fingerprint density at radius 1 is 1.29 bits per heavy atom. The third-order valence-electron chi connectivity index (χ3n) is 2.55. The normalized spacial score (nSPS) is 14.4. The molecule has 0 bridgehead atoms. The highest BCUT2D eigenvalue weighted by atomic mass is 35.5. The molecule has 1 amide bonds. The first-order valence-electron chi connectivity index (χ1n) is 5.37. The lowest BCUT2D eigenvalue weighted by molar-refractivity contribution is 0.0938. The van der Waals surface area contributed by atoms with Crippen molar-refractivity contribution in [3.05, 3.63) is 45.6 Å². The molecule has 1 aromatic carbocycles. The van der Waals surface area contributed by atoms with E-state index in [1.165, 1.54) is 0 Å². The van der Waals surface area contributed by atoms with Crippen LogP contribution in [0.4, 0.5) is 0 Å². The molecule has 0 aliphatic heterocycles. The highest BCUT2D eigenvalue weighted by molar-refractivity contribution is 6.36. The molecule has 2 N–H and O–H groups in total. The molecule has 3 nitrogen and oxygen atoms in total. The van der Waals surface area contributed by atoms with Crippen molar-refractivity contribution in [2.45, 2.75) is 19.3 Å². The first-order chi connectivity index (χ1) is 8.16. The number of rotatable bonds is 3. The molecule has 0 atom stereocenters. The van der Waals surface area contributed by atoms with E-state index in [0.717, 1.165) is 25.0 Å². The number of allylic oxidation sites excluding steroid dienone is 2. The first kappa shape index (κ1) is 12.3. The number of hydrogen-bond donors (Lipinski definition) is 2. The van der Waals surface area contributed by atoms with E-state index in [0.29, 0.717) is 15.6 Å². The van der Waals surface area contributed by atoms with E-state index in [9.17, 15) is 4.79 Å². The van der Waals surface area contributed by atoms with Gasteiger partial charge in [-0.25, -0.2) is 0 Å². The van der Waals surface area contributed by atoms with Crippen LogP contribution < -0.4 is 10.9 Å². The molecule has 1 aromatic rings. The molecular formula is C12H12Cl2N2O. The van der Waals surface area contributed by atoms with Gasteiger partial charge in [0, 0.05) is 10.7 Å². The maximum atomic E-state index is 11.8. The van der Waals surface area contributed by atoms with Crippen LogP contribution in [0.15, 0.2) is 30.0 Å². The first-order valence-corrected chi connectivity index (χ1v) is 6.13. The maximum Gasteiger partial charge on any atom is 0.271 e. The minimum Gasteiger partial charge on any atom is -0.303 e. The third-order valence-corrected chi connectivity index (χ3v) is 3.10. The Hall–Kier alpha value is -1.19. The molecule has 90 valence electrons. The summed E-state index contributed by atoms with van der Waals surface area (Å²) in [5.74, 6) is -0.264. The largest absolute Gasteiger partial charge is 0.303 e. The Bertz CT molecular complexity index is 472. The quantitative estimate of drug-likeness (QED) is 0.828. The number of halogens is 2. The zero-order chi connectivity index (χ0) is 12.3. The maximum absolute atomic E-state index is 11.8. The highest BCUT2D eigenvalue weighted by Crippen LogP contribution is 2.20. The highest BCUT2D eigenvalue weighted by Gasteiger charge is 2.11. The van der Waals surface area contributed by atoms with Crippen molar-refractivity contribution in [2.24, 2.45) is 0 Å². The second-order valence-electron chi connectivity index (χ2n) is 3.82. The van der Waals surface area contributed by atoms with Gasteiger partial charge in [-0.2, -0.15) is 0 Å². The number of carbonyl (C=O) groups excluding carboxylic acids is 1. The summed E-state index contributed by atoms with van der Waals surface area (Å²) in [4.78, 5) is 11.8. The number of nitrogens with one attached hydrogen (secondary N) is 2. The molecule has 0 spiro atoms. The van der Waals surface area contributed by atoms with Crippen LogP contribution in [0.2, 0.25) is 10.0 Å². The Kier molecular flexibility index (Phi) is 3.92. The lowest BCUT2D eigenvalue weighted by Gasteiger charge is -2.10. The van der Waals surface area contributed by atoms with Gasteiger partial charge in [0.15, 0.2) is 0 Å². The van der Waals surface area contributed by atoms with Crippen molar-refractivity contribution < 1.29 is 4.79 Å². The van der Waals surface area contributed by atoms with Gasteiger partial charge in [0.2, 0.25) is 0 Å². The van der Waals surface area contributed by atoms with E-state index in [-0.39, 0.29) is 5.91 Å². The molecule has 5 heteroatoms. The molecule has 1 aliphatic rings. The zero-order valence-electron chi connectivity index (χ0n) is 9.09. The molecule has 17 heavy (non-hydrogen) atoms. The molecule has 0 saturated carbocycles. The van der Waals surface area contributed by atoms with Crippen LogP contribution in [0, 0.1) is 0 Å². The Balaban J connectivity index is 1.99. The van der Waals surface area contributed by atoms with E-state index in [2.05, 4.69) is 16.9 Å². The molecule has 0 fully saturated rings. The van der Waals surface area contributed by atoms with E-state index in [1.54, 1.807) is 18.2 Å². The van der Waals surface area contributed by atoms with Gasteiger partial charge in [-0.3, -0.25) is 10.2 Å². The van der Waals surface area contributed by atoms with Crippen LogP contribution in [-0.4, -0.2) is 5.91 Å². The van der Waals surface area contributed by atoms with Gasteiger partial charge < -0.3 is 5.43 Å². The topological polar surface area (TPSA) is 41.1 Å². The molecule has 0 heterocycles. The van der Waals surface area contributed by atoms with Crippen LogP contribution >= 0.6 is 23.2 Å². The molecule has 0 aromatic heterocycles. The molecule has 2 rings (SSSR count). The van der Waals surface area contributed by atoms with Crippen molar-refractivity contribution in [1.29, 1.82) is 0 Å². The molecule has 0 saturated heterocycles. The summed E-state index contributed by atoms with van der Waals surface area (Å²) in [5.41, 5.74) is 6.96. The van der Waals surface area contributed by atoms with Crippen molar-refractivity contribution in [1.82, 2.24) is 10.9 Å². The third kappa shape index (κ3) is 3.14. The van der Waals surface area contributed by atoms with Crippen LogP contribution in [0.1, 0.15) is 29.6 Å². The van der Waals surface area contributed by atoms with Crippen LogP contribution in [-0.2, 0) is 0 Å². The van der Waals surface area contributed by atoms with E-state index in [1.807, 2.05) is 0 Å². The number of carbonyl (C=O) groups is 1. The van der Waals surface area contributed by atoms with Gasteiger partial charge in [-0.15, -0.1) is 0 Å². The van der Waals surface area contributed by atoms with E-state index >= 15 is 0 Å². The standard InChI is InChI=1S/C12H12Cl2N2O/c13-8-5-6-10(11(14)7-8)12(17)16-15-9-3-1-2-4-9/h3,5-7,15H,1-2,4H2,(H,16,17). The predicted molar refractivity (Wildman–Crippen MR) is 69.0 cm³/mol. The monoisotopic (exact) mass is 270 g/mol. The number of hydrazine groups is 1. The fourth-order valence-corrected chi connectivity index (χ4v) is 2.16. The number of benzene rings is 1. The number of amides is 1. The van der Waals surface area contributed by atoms with Crippen molar-refractivity contribution in [3.63, 3.8) is 0 Å². The summed E-state index contributed by atoms with van der Waals surface area (Å²) in [6.07, 6.45) is 5.22. The van der Waals surface area contributed by atoms with Crippen LogP contribution in [0.5, 0.6) is 0 Å². The van der Waals surface area contributed by atoms with Gasteiger partial charge >= 0.3 is 0 Å². The summed E-state index contributed by atoms with van der Waals surface area (Å²) in [6.45, 7) is 0. The fourth-order valence-electron chi connectivity index (χ4n) is 1.66. The molecule has 0 unspecified atom stereocenters. The average Bonchev–Trinajstić information content (AvgIpc) is 2.78. The second-order valence-corrected chi connectivity index (χ2v) is 4.67. The number of hydrogen-bond acceptors (Lipinski definition) is 2. The minimum absolute atomic E-state index is 0.264. The van der Waals surface area contributed by atoms with Crippen molar-refractivity contribution in [3.8, 4) is 0 Å². The predicted octanol–water partition coefficient (Wildman–Crippen LogP) is 3.30. The van der Waals surface area contributed by atoms with Gasteiger partial charge in [0.25, 0.3) is 5.91 Å². The minimum atomic E-state index is -0.264. The summed E-state index contributed by atoms with van der Waals surface area (Å²) >= 11 is 11.7. The average molecular weight is 271 g/mol. The van der Waals surface area contributed by atoms with Gasteiger partial charge in [-0.1, -0.05) is 29.3 Å². The van der Waals surface area contributed by atoms with Crippen LogP contribution in [0.25, 0.3) is 0 Å². The van der Waals surface area contributed by atoms with Gasteiger partial charge in [0.05, 0.1) is 10.6 Å². The fraction of sp³-hybridized carbons (Fsp3) is 0.250. The molecule has 1 aliphatic carbocycles. The van der Waals surface area contributed by atoms with Crippen molar-refractivity contribution >= 4 is 29.1 Å². The van der Waals surface area contributed by atoms with Gasteiger partial charge in [0.1, 0.15) is 0 Å². The Morgan fingerprint density at radius 3 is 2.76 bits per heavy atom. The Morgan fingerprint density at radius 2 is 2.12 bits per heavy atom. The van der Waals surface area contributed by atoms with Crippen molar-refractivity contribution in [2.75, 3.05) is 0 Å². The molecule has 0 radical (unpaired) electrons. The smallest absolute Gasteiger partial charge is 0.271 e. The SMILES string of the molecule is O=C(NNC1=CCCC1)c1ccc(Cl)cc1Cl. The van der Waals surface area contributed by atoms with E-state index in [4.69, 9.17) is 23.2 Å². The summed E-state index contributed by atoms with van der Waals surface area (Å²) in [7, 11) is 0. The van der Waals surface area contributed by atoms with Gasteiger partial charge in [-0.05, 0) is 37.5 Å². The van der Waals surface area contributed by atoms with E-state index < -0.39 is 0 Å². The second kappa shape index (κ2) is 5.43.